The summed E-state index contributed by atoms with van der Waals surface area (Å²) in [6, 6.07) is 3.65. The summed E-state index contributed by atoms with van der Waals surface area (Å²) < 4.78 is 11.1. The van der Waals surface area contributed by atoms with Gasteiger partial charge in [0.1, 0.15) is 13.2 Å². The van der Waals surface area contributed by atoms with E-state index in [1.807, 2.05) is 6.07 Å². The minimum absolute atomic E-state index is 0.355. The van der Waals surface area contributed by atoms with E-state index in [0.717, 1.165) is 17.9 Å². The lowest BCUT2D eigenvalue weighted by molar-refractivity contribution is 0.0739. The third kappa shape index (κ3) is 1.99. The van der Waals surface area contributed by atoms with Gasteiger partial charge in [0, 0.05) is 11.6 Å². The van der Waals surface area contributed by atoms with Crippen molar-refractivity contribution in [2.24, 2.45) is 17.8 Å². The maximum Gasteiger partial charge on any atom is 0.162 e. The van der Waals surface area contributed by atoms with Gasteiger partial charge in [-0.15, -0.1) is 0 Å². The summed E-state index contributed by atoms with van der Waals surface area (Å²) in [5.74, 6) is 3.23. The van der Waals surface area contributed by atoms with Gasteiger partial charge >= 0.3 is 0 Å². The molecule has 1 aromatic rings. The lowest BCUT2D eigenvalue weighted by atomic mass is 9.82. The first kappa shape index (κ1) is 12.8. The number of fused-ring (bicyclic) bond motifs is 3. The van der Waals surface area contributed by atoms with E-state index in [2.05, 4.69) is 0 Å². The van der Waals surface area contributed by atoms with Crippen LogP contribution in [0.25, 0.3) is 0 Å². The van der Waals surface area contributed by atoms with E-state index in [4.69, 9.17) is 21.1 Å². The molecule has 0 spiro atoms. The Morgan fingerprint density at radius 3 is 2.50 bits per heavy atom. The Bertz CT molecular complexity index is 531. The van der Waals surface area contributed by atoms with Crippen LogP contribution in [0.4, 0.5) is 0 Å². The molecular formula is C16H19ClO3. The van der Waals surface area contributed by atoms with Gasteiger partial charge in [-0.25, -0.2) is 0 Å². The summed E-state index contributed by atoms with van der Waals surface area (Å²) in [6.45, 7) is 1.11. The zero-order valence-electron chi connectivity index (χ0n) is 11.3. The molecule has 20 heavy (non-hydrogen) atoms. The predicted molar refractivity (Wildman–Crippen MR) is 76.3 cm³/mol. The molecule has 0 aromatic heterocycles. The zero-order valence-corrected chi connectivity index (χ0v) is 12.1. The zero-order chi connectivity index (χ0) is 13.7. The molecule has 3 aliphatic rings. The largest absolute Gasteiger partial charge is 0.486 e. The monoisotopic (exact) mass is 294 g/mol. The highest BCUT2D eigenvalue weighted by Gasteiger charge is 2.43. The smallest absolute Gasteiger partial charge is 0.162 e. The van der Waals surface area contributed by atoms with Crippen molar-refractivity contribution in [1.29, 1.82) is 0 Å². The third-order valence-corrected chi connectivity index (χ3v) is 5.51. The maximum atomic E-state index is 10.7. The molecule has 4 unspecified atom stereocenters. The molecule has 108 valence electrons. The van der Waals surface area contributed by atoms with Gasteiger partial charge in [-0.2, -0.15) is 0 Å². The summed E-state index contributed by atoms with van der Waals surface area (Å²) in [5.41, 5.74) is 0.800. The van der Waals surface area contributed by atoms with E-state index < -0.39 is 6.10 Å². The van der Waals surface area contributed by atoms with Crippen LogP contribution in [-0.4, -0.2) is 18.3 Å². The molecule has 4 heteroatoms. The lowest BCUT2D eigenvalue weighted by Crippen LogP contribution is -2.20. The second-order valence-electron chi connectivity index (χ2n) is 6.30. The van der Waals surface area contributed by atoms with E-state index in [1.165, 1.54) is 19.3 Å². The molecule has 1 N–H and O–H groups in total. The number of hydrogen-bond donors (Lipinski definition) is 1. The van der Waals surface area contributed by atoms with Gasteiger partial charge < -0.3 is 14.6 Å². The molecule has 1 aliphatic heterocycles. The number of ether oxygens (including phenoxy) is 2. The number of halogens is 1. The fraction of sp³-hybridized carbons (Fsp3) is 0.625. The summed E-state index contributed by atoms with van der Waals surface area (Å²) >= 11 is 6.34. The normalized spacial score (nSPS) is 32.4. The van der Waals surface area contributed by atoms with Gasteiger partial charge in [-0.05, 0) is 43.1 Å². The van der Waals surface area contributed by atoms with Crippen molar-refractivity contribution in [2.75, 3.05) is 13.2 Å². The van der Waals surface area contributed by atoms with Crippen LogP contribution in [0.15, 0.2) is 12.1 Å². The number of aliphatic hydroxyl groups excluding tert-OH is 1. The van der Waals surface area contributed by atoms with Crippen LogP contribution in [0.5, 0.6) is 11.5 Å². The van der Waals surface area contributed by atoms with Gasteiger partial charge in [0.25, 0.3) is 0 Å². The Labute approximate surface area is 123 Å². The minimum Gasteiger partial charge on any atom is -0.486 e. The first-order valence-electron chi connectivity index (χ1n) is 7.49. The first-order chi connectivity index (χ1) is 9.72. The summed E-state index contributed by atoms with van der Waals surface area (Å²) in [6.07, 6.45) is 4.53. The number of rotatable bonds is 2. The van der Waals surface area contributed by atoms with Crippen LogP contribution in [0, 0.1) is 17.8 Å². The molecule has 2 aliphatic carbocycles. The molecule has 0 saturated heterocycles. The topological polar surface area (TPSA) is 38.7 Å². The number of benzene rings is 1. The molecule has 0 amide bonds. The van der Waals surface area contributed by atoms with Crippen molar-refractivity contribution in [3.05, 3.63) is 22.7 Å². The van der Waals surface area contributed by atoms with Crippen LogP contribution < -0.4 is 9.47 Å². The standard InChI is InChI=1S/C16H19ClO3/c17-13-8-15-14(19-3-4-20-15)7-12(13)16(18)11-6-9-1-2-10(11)5-9/h7-11,16,18H,1-6H2. The average molecular weight is 295 g/mol. The van der Waals surface area contributed by atoms with Crippen LogP contribution in [0.1, 0.15) is 37.4 Å². The van der Waals surface area contributed by atoms with E-state index in [9.17, 15) is 5.11 Å². The summed E-state index contributed by atoms with van der Waals surface area (Å²) in [4.78, 5) is 0. The van der Waals surface area contributed by atoms with Crippen LogP contribution in [0.3, 0.4) is 0 Å². The number of aliphatic hydroxyl groups is 1. The van der Waals surface area contributed by atoms with Gasteiger partial charge in [0.2, 0.25) is 0 Å². The molecule has 3 nitrogen and oxygen atoms in total. The quantitative estimate of drug-likeness (QED) is 0.906. The Balaban J connectivity index is 1.64. The Hall–Kier alpha value is -0.930. The fourth-order valence-electron chi connectivity index (χ4n) is 4.22. The average Bonchev–Trinajstić information content (AvgIpc) is 3.08. The van der Waals surface area contributed by atoms with Crippen molar-refractivity contribution in [3.8, 4) is 11.5 Å². The van der Waals surface area contributed by atoms with Gasteiger partial charge in [-0.3, -0.25) is 0 Å². The van der Waals surface area contributed by atoms with Crippen molar-refractivity contribution < 1.29 is 14.6 Å². The van der Waals surface area contributed by atoms with E-state index >= 15 is 0 Å². The molecule has 1 heterocycles. The van der Waals surface area contributed by atoms with Gasteiger partial charge in [0.15, 0.2) is 11.5 Å². The highest BCUT2D eigenvalue weighted by Crippen LogP contribution is 2.53. The third-order valence-electron chi connectivity index (χ3n) is 5.18. The van der Waals surface area contributed by atoms with E-state index in [-0.39, 0.29) is 0 Å². The van der Waals surface area contributed by atoms with Gasteiger partial charge in [0.05, 0.1) is 11.1 Å². The molecule has 4 atom stereocenters. The molecule has 1 aromatic carbocycles. The summed E-state index contributed by atoms with van der Waals surface area (Å²) in [5, 5.41) is 11.3. The Morgan fingerprint density at radius 1 is 1.10 bits per heavy atom. The lowest BCUT2D eigenvalue weighted by Gasteiger charge is -2.28. The van der Waals surface area contributed by atoms with Crippen LogP contribution in [-0.2, 0) is 0 Å². The van der Waals surface area contributed by atoms with Gasteiger partial charge in [-0.1, -0.05) is 18.0 Å². The van der Waals surface area contributed by atoms with E-state index in [1.54, 1.807) is 6.07 Å². The highest BCUT2D eigenvalue weighted by atomic mass is 35.5. The molecule has 2 fully saturated rings. The Morgan fingerprint density at radius 2 is 1.85 bits per heavy atom. The first-order valence-corrected chi connectivity index (χ1v) is 7.87. The molecule has 2 bridgehead atoms. The second kappa shape index (κ2) is 4.81. The molecule has 4 rings (SSSR count). The molecular weight excluding hydrogens is 276 g/mol. The highest BCUT2D eigenvalue weighted by molar-refractivity contribution is 6.31. The SMILES string of the molecule is OC(c1cc2c(cc1Cl)OCCO2)C1CC2CCC1C2. The number of hydrogen-bond acceptors (Lipinski definition) is 3. The van der Waals surface area contributed by atoms with E-state index in [0.29, 0.717) is 41.6 Å². The Kier molecular flexibility index (Phi) is 3.08. The minimum atomic E-state index is -0.478. The van der Waals surface area contributed by atoms with Crippen molar-refractivity contribution in [1.82, 2.24) is 0 Å². The van der Waals surface area contributed by atoms with Crippen LogP contribution >= 0.6 is 11.6 Å². The van der Waals surface area contributed by atoms with Crippen molar-refractivity contribution in [3.63, 3.8) is 0 Å². The van der Waals surface area contributed by atoms with Crippen molar-refractivity contribution in [2.45, 2.75) is 31.8 Å². The van der Waals surface area contributed by atoms with Crippen molar-refractivity contribution >= 4 is 11.6 Å². The van der Waals surface area contributed by atoms with Crippen LogP contribution in [0.2, 0.25) is 5.02 Å². The molecule has 2 saturated carbocycles. The predicted octanol–water partition coefficient (Wildman–Crippen LogP) is 3.58. The second-order valence-corrected chi connectivity index (χ2v) is 6.71. The summed E-state index contributed by atoms with van der Waals surface area (Å²) in [7, 11) is 0. The fourth-order valence-corrected chi connectivity index (χ4v) is 4.48. The molecule has 0 radical (unpaired) electrons. The maximum absolute atomic E-state index is 10.7.